The first-order valence-electron chi connectivity index (χ1n) is 6.84. The van der Waals surface area contributed by atoms with Gasteiger partial charge >= 0.3 is 0 Å². The second-order valence-corrected chi connectivity index (χ2v) is 5.28. The molecule has 2 aromatic heterocycles. The number of nitrogens with zero attached hydrogens (tertiary/aromatic N) is 3. The molecule has 1 aliphatic heterocycles. The third-order valence-electron chi connectivity index (χ3n) is 3.87. The summed E-state index contributed by atoms with van der Waals surface area (Å²) >= 11 is 0. The maximum atomic E-state index is 4.32. The van der Waals surface area contributed by atoms with Crippen molar-refractivity contribution in [1.29, 1.82) is 0 Å². The summed E-state index contributed by atoms with van der Waals surface area (Å²) in [7, 11) is 0. The van der Waals surface area contributed by atoms with Crippen LogP contribution in [-0.4, -0.2) is 27.7 Å². The van der Waals surface area contributed by atoms with Gasteiger partial charge in [-0.15, -0.1) is 10.2 Å². The highest BCUT2D eigenvalue weighted by Crippen LogP contribution is 2.18. The largest absolute Gasteiger partial charge is 0.317 e. The second-order valence-electron chi connectivity index (χ2n) is 5.28. The van der Waals surface area contributed by atoms with E-state index in [0.717, 1.165) is 23.8 Å². The fourth-order valence-corrected chi connectivity index (χ4v) is 2.72. The molecule has 0 saturated carbocycles. The van der Waals surface area contributed by atoms with E-state index in [4.69, 9.17) is 0 Å². The van der Waals surface area contributed by atoms with Gasteiger partial charge in [-0.3, -0.25) is 4.40 Å². The first-order valence-corrected chi connectivity index (χ1v) is 6.84. The van der Waals surface area contributed by atoms with Gasteiger partial charge in [-0.05, 0) is 62.9 Å². The Labute approximate surface area is 107 Å². The minimum atomic E-state index is 0.851. The smallest absolute Gasteiger partial charge is 0.161 e. The molecule has 1 saturated heterocycles. The standard InChI is InChI=1S/C14H20N4/c1-11-6-9-18-13(16-17-14(18)10-11)3-2-12-4-7-15-8-5-12/h6,9-10,12,15H,2-5,7-8H2,1H3. The molecule has 4 heteroatoms. The summed E-state index contributed by atoms with van der Waals surface area (Å²) in [6, 6.07) is 4.20. The number of piperidine rings is 1. The van der Waals surface area contributed by atoms with Gasteiger partial charge in [0.2, 0.25) is 0 Å². The van der Waals surface area contributed by atoms with Gasteiger partial charge in [-0.2, -0.15) is 0 Å². The molecule has 3 heterocycles. The third kappa shape index (κ3) is 2.38. The number of hydrogen-bond donors (Lipinski definition) is 1. The van der Waals surface area contributed by atoms with Gasteiger partial charge < -0.3 is 5.32 Å². The fourth-order valence-electron chi connectivity index (χ4n) is 2.72. The highest BCUT2D eigenvalue weighted by atomic mass is 15.2. The molecule has 96 valence electrons. The first kappa shape index (κ1) is 11.7. The van der Waals surface area contributed by atoms with Gasteiger partial charge in [0.15, 0.2) is 5.65 Å². The molecule has 1 N–H and O–H groups in total. The Morgan fingerprint density at radius 3 is 3.00 bits per heavy atom. The molecule has 0 amide bonds. The van der Waals surface area contributed by atoms with Crippen molar-refractivity contribution in [1.82, 2.24) is 19.9 Å². The number of nitrogens with one attached hydrogen (secondary N) is 1. The van der Waals surface area contributed by atoms with Crippen molar-refractivity contribution in [3.8, 4) is 0 Å². The van der Waals surface area contributed by atoms with Crippen LogP contribution in [0.25, 0.3) is 5.65 Å². The summed E-state index contributed by atoms with van der Waals surface area (Å²) < 4.78 is 2.12. The highest BCUT2D eigenvalue weighted by molar-refractivity contribution is 5.40. The van der Waals surface area contributed by atoms with Crippen LogP contribution in [0.2, 0.25) is 0 Å². The quantitative estimate of drug-likeness (QED) is 0.897. The van der Waals surface area contributed by atoms with E-state index in [9.17, 15) is 0 Å². The Bertz CT molecular complexity index is 526. The Morgan fingerprint density at radius 2 is 2.17 bits per heavy atom. The maximum Gasteiger partial charge on any atom is 0.161 e. The molecule has 0 spiro atoms. The van der Waals surface area contributed by atoms with Crippen LogP contribution in [0.15, 0.2) is 18.3 Å². The summed E-state index contributed by atoms with van der Waals surface area (Å²) in [4.78, 5) is 0. The summed E-state index contributed by atoms with van der Waals surface area (Å²) in [5, 5.41) is 12.0. The lowest BCUT2D eigenvalue weighted by molar-refractivity contribution is 0.352. The Morgan fingerprint density at radius 1 is 1.33 bits per heavy atom. The van der Waals surface area contributed by atoms with E-state index >= 15 is 0 Å². The van der Waals surface area contributed by atoms with Crippen LogP contribution in [0.1, 0.15) is 30.7 Å². The van der Waals surface area contributed by atoms with E-state index < -0.39 is 0 Å². The van der Waals surface area contributed by atoms with Crippen LogP contribution < -0.4 is 5.32 Å². The maximum absolute atomic E-state index is 4.32. The molecular weight excluding hydrogens is 224 g/mol. The normalized spacial score (nSPS) is 17.4. The van der Waals surface area contributed by atoms with Crippen molar-refractivity contribution in [2.45, 2.75) is 32.6 Å². The average Bonchev–Trinajstić information content (AvgIpc) is 2.80. The second kappa shape index (κ2) is 5.06. The van der Waals surface area contributed by atoms with E-state index in [1.807, 2.05) is 0 Å². The lowest BCUT2D eigenvalue weighted by Crippen LogP contribution is -2.28. The molecule has 3 rings (SSSR count). The Balaban J connectivity index is 1.70. The van der Waals surface area contributed by atoms with Crippen LogP contribution in [0.5, 0.6) is 0 Å². The minimum absolute atomic E-state index is 0.851. The first-order chi connectivity index (χ1) is 8.83. The molecule has 0 bridgehead atoms. The molecule has 0 aliphatic carbocycles. The summed E-state index contributed by atoms with van der Waals surface area (Å²) in [5.74, 6) is 1.95. The van der Waals surface area contributed by atoms with Crippen LogP contribution in [-0.2, 0) is 6.42 Å². The molecule has 0 unspecified atom stereocenters. The zero-order valence-electron chi connectivity index (χ0n) is 10.9. The van der Waals surface area contributed by atoms with Crippen LogP contribution >= 0.6 is 0 Å². The SMILES string of the molecule is Cc1ccn2c(CCC3CCNCC3)nnc2c1. The molecule has 1 fully saturated rings. The van der Waals surface area contributed by atoms with Gasteiger partial charge in [0.05, 0.1) is 0 Å². The van der Waals surface area contributed by atoms with Gasteiger partial charge in [-0.25, -0.2) is 0 Å². The van der Waals surface area contributed by atoms with E-state index in [1.165, 1.54) is 37.9 Å². The zero-order valence-corrected chi connectivity index (χ0v) is 10.9. The van der Waals surface area contributed by atoms with Crippen LogP contribution in [0, 0.1) is 12.8 Å². The molecule has 1 aliphatic rings. The number of hydrogen-bond acceptors (Lipinski definition) is 3. The Kier molecular flexibility index (Phi) is 3.28. The van der Waals surface area contributed by atoms with Crippen LogP contribution in [0.4, 0.5) is 0 Å². The summed E-state index contributed by atoms with van der Waals surface area (Å²) in [6.07, 6.45) is 6.96. The van der Waals surface area contributed by atoms with Crippen molar-refractivity contribution < 1.29 is 0 Å². The highest BCUT2D eigenvalue weighted by Gasteiger charge is 2.14. The fraction of sp³-hybridized carbons (Fsp3) is 0.571. The van der Waals surface area contributed by atoms with E-state index in [1.54, 1.807) is 0 Å². The van der Waals surface area contributed by atoms with Gasteiger partial charge in [0.25, 0.3) is 0 Å². The predicted molar refractivity (Wildman–Crippen MR) is 71.6 cm³/mol. The minimum Gasteiger partial charge on any atom is -0.317 e. The monoisotopic (exact) mass is 244 g/mol. The molecule has 2 aromatic rings. The number of aromatic nitrogens is 3. The Hall–Kier alpha value is -1.42. The van der Waals surface area contributed by atoms with Gasteiger partial charge in [0.1, 0.15) is 5.82 Å². The van der Waals surface area contributed by atoms with E-state index in [2.05, 4.69) is 45.2 Å². The van der Waals surface area contributed by atoms with Crippen LogP contribution in [0.3, 0.4) is 0 Å². The molecule has 0 atom stereocenters. The predicted octanol–water partition coefficient (Wildman–Crippen LogP) is 1.97. The molecule has 0 radical (unpaired) electrons. The molecule has 18 heavy (non-hydrogen) atoms. The van der Waals surface area contributed by atoms with Crippen molar-refractivity contribution in [3.05, 3.63) is 29.7 Å². The number of pyridine rings is 1. The summed E-state index contributed by atoms with van der Waals surface area (Å²) in [6.45, 7) is 4.43. The lowest BCUT2D eigenvalue weighted by atomic mass is 9.93. The van der Waals surface area contributed by atoms with Crippen molar-refractivity contribution in [2.24, 2.45) is 5.92 Å². The zero-order chi connectivity index (χ0) is 12.4. The third-order valence-corrected chi connectivity index (χ3v) is 3.87. The molecule has 4 nitrogen and oxygen atoms in total. The van der Waals surface area contributed by atoms with Crippen molar-refractivity contribution in [2.75, 3.05) is 13.1 Å². The molecule has 0 aromatic carbocycles. The van der Waals surface area contributed by atoms with Gasteiger partial charge in [0, 0.05) is 12.6 Å². The summed E-state index contributed by atoms with van der Waals surface area (Å²) in [5.41, 5.74) is 2.20. The van der Waals surface area contributed by atoms with Gasteiger partial charge in [-0.1, -0.05) is 0 Å². The number of fused-ring (bicyclic) bond motifs is 1. The van der Waals surface area contributed by atoms with E-state index in [-0.39, 0.29) is 0 Å². The number of rotatable bonds is 3. The number of aryl methyl sites for hydroxylation is 2. The average molecular weight is 244 g/mol. The van der Waals surface area contributed by atoms with E-state index in [0.29, 0.717) is 0 Å². The van der Waals surface area contributed by atoms with Crippen molar-refractivity contribution in [3.63, 3.8) is 0 Å². The molecular formula is C14H20N4. The van der Waals surface area contributed by atoms with Crippen molar-refractivity contribution >= 4 is 5.65 Å². The lowest BCUT2D eigenvalue weighted by Gasteiger charge is -2.21. The topological polar surface area (TPSA) is 42.2 Å².